The van der Waals surface area contributed by atoms with Crippen molar-refractivity contribution in [1.29, 1.82) is 0 Å². The summed E-state index contributed by atoms with van der Waals surface area (Å²) in [5.74, 6) is -0.125. The number of aromatic nitrogens is 2. The summed E-state index contributed by atoms with van der Waals surface area (Å²) in [6, 6.07) is 5.48. The zero-order valence-corrected chi connectivity index (χ0v) is 12.1. The van der Waals surface area contributed by atoms with Crippen LogP contribution >= 0.6 is 11.6 Å². The van der Waals surface area contributed by atoms with Crippen LogP contribution in [0.15, 0.2) is 24.3 Å². The van der Waals surface area contributed by atoms with E-state index >= 15 is 0 Å². The molecule has 1 aromatic carbocycles. The van der Waals surface area contributed by atoms with Gasteiger partial charge in [0, 0.05) is 17.9 Å². The monoisotopic (exact) mass is 318 g/mol. The van der Waals surface area contributed by atoms with Gasteiger partial charge in [-0.3, -0.25) is 4.55 Å². The van der Waals surface area contributed by atoms with Gasteiger partial charge in [0.15, 0.2) is 0 Å². The van der Waals surface area contributed by atoms with Crippen molar-refractivity contribution in [3.05, 3.63) is 41.6 Å². The smallest absolute Gasteiger partial charge is 0.269 e. The fourth-order valence-corrected chi connectivity index (χ4v) is 3.03. The van der Waals surface area contributed by atoms with Crippen LogP contribution in [0.3, 0.4) is 0 Å². The van der Waals surface area contributed by atoms with Crippen molar-refractivity contribution in [3.8, 4) is 11.3 Å². The Hall–Kier alpha value is -1.44. The molecular weight excluding hydrogens is 307 g/mol. The Bertz CT molecular complexity index is 726. The Labute approximate surface area is 120 Å². The quantitative estimate of drug-likeness (QED) is 0.694. The molecule has 0 spiro atoms. The lowest BCUT2D eigenvalue weighted by Crippen LogP contribution is -2.16. The van der Waals surface area contributed by atoms with Crippen LogP contribution in [-0.4, -0.2) is 27.8 Å². The highest BCUT2D eigenvalue weighted by Gasteiger charge is 2.22. The Morgan fingerprint density at radius 3 is 2.45 bits per heavy atom. The summed E-state index contributed by atoms with van der Waals surface area (Å²) in [5.41, 5.74) is 1.18. The van der Waals surface area contributed by atoms with Crippen molar-refractivity contribution >= 4 is 21.9 Å². The van der Waals surface area contributed by atoms with Gasteiger partial charge >= 0.3 is 10.3 Å². The first-order valence-electron chi connectivity index (χ1n) is 5.72. The Morgan fingerprint density at radius 1 is 1.35 bits per heavy atom. The van der Waals surface area contributed by atoms with Gasteiger partial charge in [0.25, 0.3) is 0 Å². The zero-order chi connectivity index (χ0) is 14.9. The van der Waals surface area contributed by atoms with E-state index in [0.29, 0.717) is 11.3 Å². The maximum atomic E-state index is 12.9. The highest BCUT2D eigenvalue weighted by molar-refractivity contribution is 7.84. The minimum Gasteiger partial charge on any atom is -0.269 e. The predicted octanol–water partition coefficient (Wildman–Crippen LogP) is 2.43. The van der Waals surface area contributed by atoms with E-state index in [4.69, 9.17) is 11.6 Å². The third kappa shape index (κ3) is 2.84. The lowest BCUT2D eigenvalue weighted by molar-refractivity contribution is 0.469. The molecule has 0 radical (unpaired) electrons. The molecule has 5 nitrogen and oxygen atoms in total. The first-order chi connectivity index (χ1) is 9.34. The highest BCUT2D eigenvalue weighted by atomic mass is 35.5. The Morgan fingerprint density at radius 2 is 1.95 bits per heavy atom. The second kappa shape index (κ2) is 5.51. The molecule has 0 fully saturated rings. The first kappa shape index (κ1) is 15.0. The van der Waals surface area contributed by atoms with E-state index in [1.165, 1.54) is 31.2 Å². The third-order valence-corrected chi connectivity index (χ3v) is 3.90. The van der Waals surface area contributed by atoms with E-state index in [9.17, 15) is 17.4 Å². The largest absolute Gasteiger partial charge is 0.365 e. The van der Waals surface area contributed by atoms with Crippen LogP contribution in [0.2, 0.25) is 0 Å². The van der Waals surface area contributed by atoms with E-state index in [1.54, 1.807) is 0 Å². The molecule has 0 aliphatic heterocycles. The Kier molecular flexibility index (Phi) is 4.12. The van der Waals surface area contributed by atoms with Crippen LogP contribution in [0.25, 0.3) is 11.3 Å². The molecule has 1 heterocycles. The van der Waals surface area contributed by atoms with Gasteiger partial charge in [-0.15, -0.1) is 11.6 Å². The highest BCUT2D eigenvalue weighted by Crippen LogP contribution is 2.26. The normalized spacial score (nSPS) is 11.8. The molecule has 0 atom stereocenters. The standard InChI is InChI=1S/C12H12ClFN2O3S/c1-8-15-12(9-2-4-10(14)5-3-9)11(6-7-13)16(8)20(17,18)19/h2-5H,6-7H2,1H3,(H,17,18,19). The molecule has 2 rings (SSSR count). The molecule has 0 aliphatic rings. The summed E-state index contributed by atoms with van der Waals surface area (Å²) in [4.78, 5) is 4.14. The molecule has 0 amide bonds. The van der Waals surface area contributed by atoms with E-state index in [0.717, 1.165) is 3.97 Å². The minimum atomic E-state index is -4.46. The number of halogens is 2. The fraction of sp³-hybridized carbons (Fsp3) is 0.250. The number of hydrogen-bond donors (Lipinski definition) is 1. The van der Waals surface area contributed by atoms with Crippen molar-refractivity contribution in [2.45, 2.75) is 13.3 Å². The van der Waals surface area contributed by atoms with Crippen LogP contribution < -0.4 is 0 Å². The molecule has 108 valence electrons. The van der Waals surface area contributed by atoms with Crippen LogP contribution in [0.4, 0.5) is 4.39 Å². The lowest BCUT2D eigenvalue weighted by atomic mass is 10.1. The van der Waals surface area contributed by atoms with Gasteiger partial charge in [0.1, 0.15) is 11.6 Å². The predicted molar refractivity (Wildman–Crippen MR) is 73.7 cm³/mol. The van der Waals surface area contributed by atoms with E-state index in [2.05, 4.69) is 4.98 Å². The molecule has 1 N–H and O–H groups in total. The summed E-state index contributed by atoms with van der Waals surface area (Å²) < 4.78 is 45.8. The average molecular weight is 319 g/mol. The van der Waals surface area contributed by atoms with Gasteiger partial charge in [0.2, 0.25) is 0 Å². The molecular formula is C12H12ClFN2O3S. The van der Waals surface area contributed by atoms with E-state index in [1.807, 2.05) is 0 Å². The molecule has 0 aliphatic carbocycles. The van der Waals surface area contributed by atoms with Crippen LogP contribution in [-0.2, 0) is 16.7 Å². The molecule has 1 aromatic heterocycles. The minimum absolute atomic E-state index is 0.118. The van der Waals surface area contributed by atoms with Gasteiger partial charge in [0.05, 0.1) is 11.4 Å². The average Bonchev–Trinajstić information content (AvgIpc) is 2.67. The second-order valence-electron chi connectivity index (χ2n) is 4.14. The molecule has 0 saturated carbocycles. The number of imidazole rings is 1. The van der Waals surface area contributed by atoms with Crippen molar-refractivity contribution in [2.24, 2.45) is 0 Å². The molecule has 20 heavy (non-hydrogen) atoms. The van der Waals surface area contributed by atoms with Crippen molar-refractivity contribution in [3.63, 3.8) is 0 Å². The number of alkyl halides is 1. The summed E-state index contributed by atoms with van der Waals surface area (Å²) in [7, 11) is -4.46. The SMILES string of the molecule is Cc1nc(-c2ccc(F)cc2)c(CCCl)n1S(=O)(=O)O. The zero-order valence-electron chi connectivity index (χ0n) is 10.5. The fourth-order valence-electron chi connectivity index (χ4n) is 2.02. The van der Waals surface area contributed by atoms with Crippen molar-refractivity contribution in [2.75, 3.05) is 5.88 Å². The van der Waals surface area contributed by atoms with Gasteiger partial charge in [-0.05, 0) is 31.2 Å². The van der Waals surface area contributed by atoms with Crippen LogP contribution in [0.5, 0.6) is 0 Å². The van der Waals surface area contributed by atoms with E-state index in [-0.39, 0.29) is 23.8 Å². The molecule has 2 aromatic rings. The van der Waals surface area contributed by atoms with Gasteiger partial charge < -0.3 is 0 Å². The number of benzene rings is 1. The Balaban J connectivity index is 2.68. The number of nitrogens with zero attached hydrogens (tertiary/aromatic N) is 2. The summed E-state index contributed by atoms with van der Waals surface area (Å²) in [6.45, 7) is 1.46. The van der Waals surface area contributed by atoms with Gasteiger partial charge in [-0.1, -0.05) is 0 Å². The summed E-state index contributed by atoms with van der Waals surface area (Å²) >= 11 is 5.67. The number of hydrogen-bond acceptors (Lipinski definition) is 3. The van der Waals surface area contributed by atoms with Gasteiger partial charge in [-0.25, -0.2) is 13.3 Å². The lowest BCUT2D eigenvalue weighted by Gasteiger charge is -2.06. The molecule has 8 heteroatoms. The maximum Gasteiger partial charge on any atom is 0.365 e. The van der Waals surface area contributed by atoms with Crippen LogP contribution in [0.1, 0.15) is 11.5 Å². The van der Waals surface area contributed by atoms with Crippen molar-refractivity contribution in [1.82, 2.24) is 8.96 Å². The topological polar surface area (TPSA) is 72.2 Å². The molecule has 0 bridgehead atoms. The second-order valence-corrected chi connectivity index (χ2v) is 5.78. The number of rotatable bonds is 4. The number of aryl methyl sites for hydroxylation is 1. The molecule has 0 unspecified atom stereocenters. The first-order valence-corrected chi connectivity index (χ1v) is 7.66. The maximum absolute atomic E-state index is 12.9. The van der Waals surface area contributed by atoms with E-state index < -0.39 is 16.1 Å². The summed E-state index contributed by atoms with van der Waals surface area (Å²) in [5, 5.41) is 0. The summed E-state index contributed by atoms with van der Waals surface area (Å²) in [6.07, 6.45) is 0.203. The van der Waals surface area contributed by atoms with Crippen molar-refractivity contribution < 1.29 is 17.4 Å². The van der Waals surface area contributed by atoms with Gasteiger partial charge in [-0.2, -0.15) is 8.42 Å². The van der Waals surface area contributed by atoms with Crippen LogP contribution in [0, 0.1) is 12.7 Å². The molecule has 0 saturated heterocycles. The third-order valence-electron chi connectivity index (χ3n) is 2.77.